The third-order valence-electron chi connectivity index (χ3n) is 3.38. The molecule has 0 radical (unpaired) electrons. The van der Waals surface area contributed by atoms with Gasteiger partial charge >= 0.3 is 0 Å². The highest BCUT2D eigenvalue weighted by Gasteiger charge is 2.21. The lowest BCUT2D eigenvalue weighted by Crippen LogP contribution is -2.39. The summed E-state index contributed by atoms with van der Waals surface area (Å²) in [6.07, 6.45) is 9.50. The summed E-state index contributed by atoms with van der Waals surface area (Å²) in [5.41, 5.74) is 0. The second kappa shape index (κ2) is 6.73. The summed E-state index contributed by atoms with van der Waals surface area (Å²) in [7, 11) is 1.92. The Morgan fingerprint density at radius 2 is 2.00 bits per heavy atom. The molecule has 1 heterocycles. The van der Waals surface area contributed by atoms with E-state index in [2.05, 4.69) is 9.97 Å². The molecule has 0 N–H and O–H groups in total. The number of aromatic nitrogens is 2. The van der Waals surface area contributed by atoms with Crippen LogP contribution in [-0.2, 0) is 4.79 Å². The molecule has 0 aliphatic heterocycles. The van der Waals surface area contributed by atoms with E-state index in [1.165, 1.54) is 31.0 Å². The molecule has 0 aromatic carbocycles. The summed E-state index contributed by atoms with van der Waals surface area (Å²) in [6.45, 7) is 0. The fraction of sp³-hybridized carbons (Fsp3) is 0.615. The monoisotopic (exact) mass is 265 g/mol. The van der Waals surface area contributed by atoms with E-state index in [9.17, 15) is 4.79 Å². The Bertz CT molecular complexity index is 379. The van der Waals surface area contributed by atoms with E-state index in [4.69, 9.17) is 0 Å². The summed E-state index contributed by atoms with van der Waals surface area (Å²) < 4.78 is 0. The van der Waals surface area contributed by atoms with Gasteiger partial charge < -0.3 is 4.90 Å². The molecule has 98 valence electrons. The van der Waals surface area contributed by atoms with Gasteiger partial charge in [0, 0.05) is 25.5 Å². The van der Waals surface area contributed by atoms with E-state index >= 15 is 0 Å². The van der Waals surface area contributed by atoms with Gasteiger partial charge in [-0.1, -0.05) is 31.0 Å². The third-order valence-corrected chi connectivity index (χ3v) is 4.24. The molecule has 0 saturated heterocycles. The van der Waals surface area contributed by atoms with Gasteiger partial charge in [-0.05, 0) is 18.9 Å². The zero-order valence-corrected chi connectivity index (χ0v) is 11.5. The second-order valence-electron chi connectivity index (χ2n) is 4.62. The van der Waals surface area contributed by atoms with Crippen LogP contribution in [0.4, 0.5) is 0 Å². The predicted octanol–water partition coefficient (Wildman–Crippen LogP) is 2.36. The average Bonchev–Trinajstić information content (AvgIpc) is 2.46. The molecule has 0 unspecified atom stereocenters. The minimum atomic E-state index is 0.180. The van der Waals surface area contributed by atoms with Crippen molar-refractivity contribution in [3.05, 3.63) is 18.5 Å². The molecule has 0 atom stereocenters. The molecule has 18 heavy (non-hydrogen) atoms. The van der Waals surface area contributed by atoms with Crippen molar-refractivity contribution in [2.75, 3.05) is 12.8 Å². The molecule has 1 aliphatic rings. The van der Waals surface area contributed by atoms with Crippen molar-refractivity contribution in [1.82, 2.24) is 14.9 Å². The fourth-order valence-corrected chi connectivity index (χ4v) is 2.99. The zero-order chi connectivity index (χ0) is 12.8. The maximum Gasteiger partial charge on any atom is 0.233 e. The first-order valence-electron chi connectivity index (χ1n) is 6.43. The Morgan fingerprint density at radius 3 is 2.67 bits per heavy atom. The van der Waals surface area contributed by atoms with Gasteiger partial charge in [0.15, 0.2) is 5.16 Å². The number of hydrogen-bond acceptors (Lipinski definition) is 4. The van der Waals surface area contributed by atoms with Gasteiger partial charge in [-0.25, -0.2) is 9.97 Å². The fourth-order valence-electron chi connectivity index (χ4n) is 2.26. The Hall–Kier alpha value is -1.10. The Morgan fingerprint density at radius 1 is 1.33 bits per heavy atom. The molecule has 1 fully saturated rings. The first kappa shape index (κ1) is 13.3. The lowest BCUT2D eigenvalue weighted by molar-refractivity contribution is -0.129. The summed E-state index contributed by atoms with van der Waals surface area (Å²) in [5, 5.41) is 0.669. The van der Waals surface area contributed by atoms with Crippen LogP contribution < -0.4 is 0 Å². The summed E-state index contributed by atoms with van der Waals surface area (Å²) >= 11 is 1.41. The Labute approximate surface area is 112 Å². The maximum absolute atomic E-state index is 12.1. The predicted molar refractivity (Wildman–Crippen MR) is 72.4 cm³/mol. The van der Waals surface area contributed by atoms with Crippen LogP contribution in [0.2, 0.25) is 0 Å². The van der Waals surface area contributed by atoms with Gasteiger partial charge in [0.05, 0.1) is 5.75 Å². The Balaban J connectivity index is 1.80. The van der Waals surface area contributed by atoms with Crippen molar-refractivity contribution in [2.45, 2.75) is 43.3 Å². The highest BCUT2D eigenvalue weighted by Crippen LogP contribution is 2.22. The molecule has 1 aromatic rings. The molecule has 0 spiro atoms. The van der Waals surface area contributed by atoms with E-state index in [1.54, 1.807) is 18.5 Å². The van der Waals surface area contributed by atoms with Crippen molar-refractivity contribution in [1.29, 1.82) is 0 Å². The van der Waals surface area contributed by atoms with E-state index in [-0.39, 0.29) is 5.91 Å². The molecule has 0 bridgehead atoms. The largest absolute Gasteiger partial charge is 0.342 e. The molecule has 5 heteroatoms. The van der Waals surface area contributed by atoms with Gasteiger partial charge in [-0.2, -0.15) is 0 Å². The highest BCUT2D eigenvalue weighted by molar-refractivity contribution is 7.99. The number of carbonyl (C=O) groups is 1. The molecular weight excluding hydrogens is 246 g/mol. The van der Waals surface area contributed by atoms with Crippen LogP contribution in [-0.4, -0.2) is 39.6 Å². The van der Waals surface area contributed by atoms with Crippen molar-refractivity contribution < 1.29 is 4.79 Å². The standard InChI is InChI=1S/C13H19N3OS/c1-16(11-6-3-2-4-7-11)12(17)10-18-13-14-8-5-9-15-13/h5,8-9,11H,2-4,6-7,10H2,1H3. The molecule has 1 aliphatic carbocycles. The molecule has 1 aromatic heterocycles. The summed E-state index contributed by atoms with van der Waals surface area (Å²) in [5.74, 6) is 0.608. The molecular formula is C13H19N3OS. The number of thioether (sulfide) groups is 1. The second-order valence-corrected chi connectivity index (χ2v) is 5.56. The molecule has 1 amide bonds. The van der Waals surface area contributed by atoms with Crippen LogP contribution in [0.3, 0.4) is 0 Å². The van der Waals surface area contributed by atoms with E-state index in [1.807, 2.05) is 11.9 Å². The van der Waals surface area contributed by atoms with Gasteiger partial charge in [0.2, 0.25) is 5.91 Å². The van der Waals surface area contributed by atoms with E-state index < -0.39 is 0 Å². The first-order chi connectivity index (χ1) is 8.77. The van der Waals surface area contributed by atoms with Crippen molar-refractivity contribution in [3.8, 4) is 0 Å². The van der Waals surface area contributed by atoms with Crippen LogP contribution in [0.1, 0.15) is 32.1 Å². The quantitative estimate of drug-likeness (QED) is 0.619. The van der Waals surface area contributed by atoms with Crippen molar-refractivity contribution in [3.63, 3.8) is 0 Å². The third kappa shape index (κ3) is 3.70. The minimum Gasteiger partial charge on any atom is -0.342 e. The van der Waals surface area contributed by atoms with Crippen LogP contribution in [0.15, 0.2) is 23.6 Å². The number of carbonyl (C=O) groups excluding carboxylic acids is 1. The van der Waals surface area contributed by atoms with Crippen LogP contribution >= 0.6 is 11.8 Å². The summed E-state index contributed by atoms with van der Waals surface area (Å²) in [4.78, 5) is 22.2. The number of hydrogen-bond donors (Lipinski definition) is 0. The molecule has 2 rings (SSSR count). The SMILES string of the molecule is CN(C(=O)CSc1ncccn1)C1CCCCC1. The van der Waals surface area contributed by atoms with Crippen molar-refractivity contribution in [2.24, 2.45) is 0 Å². The number of nitrogens with zero attached hydrogens (tertiary/aromatic N) is 3. The lowest BCUT2D eigenvalue weighted by atomic mass is 9.94. The highest BCUT2D eigenvalue weighted by atomic mass is 32.2. The van der Waals surface area contributed by atoms with Gasteiger partial charge in [0.1, 0.15) is 0 Å². The van der Waals surface area contributed by atoms with Gasteiger partial charge in [-0.15, -0.1) is 0 Å². The molecule has 4 nitrogen and oxygen atoms in total. The van der Waals surface area contributed by atoms with Gasteiger partial charge in [-0.3, -0.25) is 4.79 Å². The lowest BCUT2D eigenvalue weighted by Gasteiger charge is -2.31. The van der Waals surface area contributed by atoms with Gasteiger partial charge in [0.25, 0.3) is 0 Å². The van der Waals surface area contributed by atoms with Crippen molar-refractivity contribution >= 4 is 17.7 Å². The van der Waals surface area contributed by atoms with Crippen LogP contribution in [0.5, 0.6) is 0 Å². The van der Waals surface area contributed by atoms with Crippen LogP contribution in [0, 0.1) is 0 Å². The number of amides is 1. The smallest absolute Gasteiger partial charge is 0.233 e. The van der Waals surface area contributed by atoms with E-state index in [0.29, 0.717) is 17.0 Å². The average molecular weight is 265 g/mol. The maximum atomic E-state index is 12.1. The summed E-state index contributed by atoms with van der Waals surface area (Å²) in [6, 6.07) is 2.21. The van der Waals surface area contributed by atoms with Crippen LogP contribution in [0.25, 0.3) is 0 Å². The minimum absolute atomic E-state index is 0.180. The molecule has 1 saturated carbocycles. The van der Waals surface area contributed by atoms with E-state index in [0.717, 1.165) is 12.8 Å². The first-order valence-corrected chi connectivity index (χ1v) is 7.41. The zero-order valence-electron chi connectivity index (χ0n) is 10.7. The number of rotatable bonds is 4. The topological polar surface area (TPSA) is 46.1 Å². The Kier molecular flexibility index (Phi) is 4.99. The normalized spacial score (nSPS) is 16.5.